The van der Waals surface area contributed by atoms with E-state index >= 15 is 0 Å². The SMILES string of the molecule is COc1c(C)c2c(c(O)c1C/C=C(\C)CCC(=O)N1C(=O)OCC1Cc1ccccc1)C(=O)OC2. The largest absolute Gasteiger partial charge is 0.507 e. The lowest BCUT2D eigenvalue weighted by Crippen LogP contribution is -2.40. The van der Waals surface area contributed by atoms with Gasteiger partial charge in [0, 0.05) is 17.5 Å². The van der Waals surface area contributed by atoms with Crippen LogP contribution in [-0.2, 0) is 33.7 Å². The van der Waals surface area contributed by atoms with Gasteiger partial charge in [0.15, 0.2) is 0 Å². The first-order valence-corrected chi connectivity index (χ1v) is 11.6. The van der Waals surface area contributed by atoms with E-state index in [1.54, 1.807) is 0 Å². The van der Waals surface area contributed by atoms with Crippen LogP contribution in [-0.4, -0.2) is 47.7 Å². The van der Waals surface area contributed by atoms with Crippen LogP contribution < -0.4 is 4.74 Å². The highest BCUT2D eigenvalue weighted by atomic mass is 16.6. The molecule has 4 rings (SSSR count). The molecule has 1 fully saturated rings. The zero-order valence-electron chi connectivity index (χ0n) is 20.1. The molecule has 0 aromatic heterocycles. The number of cyclic esters (lactones) is 2. The van der Waals surface area contributed by atoms with E-state index in [1.165, 1.54) is 12.0 Å². The number of allylic oxidation sites excluding steroid dienone is 2. The number of nitrogens with zero attached hydrogens (tertiary/aromatic N) is 1. The fourth-order valence-corrected chi connectivity index (χ4v) is 4.63. The molecule has 8 heteroatoms. The Labute approximate surface area is 204 Å². The molecule has 2 amide bonds. The fourth-order valence-electron chi connectivity index (χ4n) is 4.63. The monoisotopic (exact) mass is 479 g/mol. The van der Waals surface area contributed by atoms with E-state index in [0.29, 0.717) is 36.1 Å². The number of methoxy groups -OCH3 is 1. The number of carbonyl (C=O) groups excluding carboxylic acids is 3. The van der Waals surface area contributed by atoms with Gasteiger partial charge in [-0.15, -0.1) is 0 Å². The molecule has 1 unspecified atom stereocenters. The molecule has 1 atom stereocenters. The average Bonchev–Trinajstić information content (AvgIpc) is 3.42. The van der Waals surface area contributed by atoms with Crippen molar-refractivity contribution in [3.05, 3.63) is 69.8 Å². The summed E-state index contributed by atoms with van der Waals surface area (Å²) in [4.78, 5) is 38.4. The van der Waals surface area contributed by atoms with Gasteiger partial charge < -0.3 is 19.3 Å². The van der Waals surface area contributed by atoms with Crippen molar-refractivity contribution in [1.82, 2.24) is 4.90 Å². The summed E-state index contributed by atoms with van der Waals surface area (Å²) in [5.41, 5.74) is 4.04. The first-order valence-electron chi connectivity index (χ1n) is 11.6. The van der Waals surface area contributed by atoms with Gasteiger partial charge in [0.1, 0.15) is 30.3 Å². The number of hydrogen-bond donors (Lipinski definition) is 1. The number of esters is 1. The number of benzene rings is 2. The van der Waals surface area contributed by atoms with Gasteiger partial charge >= 0.3 is 12.1 Å². The zero-order chi connectivity index (χ0) is 25.1. The maximum absolute atomic E-state index is 12.9. The number of fused-ring (bicyclic) bond motifs is 1. The summed E-state index contributed by atoms with van der Waals surface area (Å²) in [5, 5.41) is 10.7. The maximum Gasteiger partial charge on any atom is 0.416 e. The Morgan fingerprint density at radius 1 is 1.20 bits per heavy atom. The van der Waals surface area contributed by atoms with Crippen molar-refractivity contribution in [1.29, 1.82) is 0 Å². The Kier molecular flexibility index (Phi) is 7.10. The van der Waals surface area contributed by atoms with Crippen LogP contribution in [0.3, 0.4) is 0 Å². The molecule has 0 spiro atoms. The Bertz CT molecular complexity index is 1190. The van der Waals surface area contributed by atoms with Crippen molar-refractivity contribution in [2.45, 2.75) is 52.2 Å². The summed E-state index contributed by atoms with van der Waals surface area (Å²) in [6.07, 6.45) is 2.75. The topological polar surface area (TPSA) is 102 Å². The number of phenolic OH excluding ortho intramolecular Hbond substituents is 1. The van der Waals surface area contributed by atoms with Crippen molar-refractivity contribution < 1.29 is 33.7 Å². The standard InChI is InChI=1S/C27H29NO7/c1-16(9-11-20-24(30)23-21(15-34-26(23)31)17(2)25(20)33-3)10-12-22(29)28-19(14-35-27(28)32)13-18-7-5-4-6-8-18/h4-9,19,30H,10-15H2,1-3H3/b16-9+. The van der Waals surface area contributed by atoms with Gasteiger partial charge in [-0.3, -0.25) is 4.79 Å². The lowest BCUT2D eigenvalue weighted by atomic mass is 9.94. The van der Waals surface area contributed by atoms with E-state index in [-0.39, 0.29) is 42.9 Å². The van der Waals surface area contributed by atoms with Crippen LogP contribution in [0.1, 0.15) is 52.4 Å². The number of carbonyl (C=O) groups is 3. The smallest absolute Gasteiger partial charge is 0.416 e. The van der Waals surface area contributed by atoms with E-state index in [4.69, 9.17) is 14.2 Å². The number of aromatic hydroxyl groups is 1. The quantitative estimate of drug-likeness (QED) is 0.446. The summed E-state index contributed by atoms with van der Waals surface area (Å²) in [6, 6.07) is 9.36. The highest BCUT2D eigenvalue weighted by molar-refractivity contribution is 5.98. The van der Waals surface area contributed by atoms with E-state index in [2.05, 4.69) is 0 Å². The molecule has 0 saturated carbocycles. The molecule has 2 aromatic carbocycles. The van der Waals surface area contributed by atoms with Gasteiger partial charge in [0.25, 0.3) is 0 Å². The minimum absolute atomic E-state index is 0.116. The number of amides is 2. The average molecular weight is 480 g/mol. The Morgan fingerprint density at radius 3 is 2.66 bits per heavy atom. The highest BCUT2D eigenvalue weighted by Gasteiger charge is 2.37. The summed E-state index contributed by atoms with van der Waals surface area (Å²) in [5.74, 6) is -0.437. The van der Waals surface area contributed by atoms with Gasteiger partial charge in [-0.05, 0) is 44.2 Å². The van der Waals surface area contributed by atoms with Gasteiger partial charge in [0.2, 0.25) is 5.91 Å². The third-order valence-electron chi connectivity index (χ3n) is 6.58. The van der Waals surface area contributed by atoms with Gasteiger partial charge in [-0.2, -0.15) is 0 Å². The number of imide groups is 1. The number of hydrogen-bond acceptors (Lipinski definition) is 7. The van der Waals surface area contributed by atoms with Crippen LogP contribution in [0.5, 0.6) is 11.5 Å². The summed E-state index contributed by atoms with van der Waals surface area (Å²) in [6.45, 7) is 4.02. The number of ether oxygens (including phenoxy) is 3. The molecule has 2 aromatic rings. The van der Waals surface area contributed by atoms with Gasteiger partial charge in [0.05, 0.1) is 13.2 Å². The third kappa shape index (κ3) is 4.87. The molecule has 0 radical (unpaired) electrons. The summed E-state index contributed by atoms with van der Waals surface area (Å²) >= 11 is 0. The van der Waals surface area contributed by atoms with Crippen LogP contribution in [0.4, 0.5) is 4.79 Å². The van der Waals surface area contributed by atoms with E-state index in [0.717, 1.165) is 16.7 Å². The molecule has 184 valence electrons. The molecule has 2 aliphatic rings. The van der Waals surface area contributed by atoms with Crippen LogP contribution in [0.2, 0.25) is 0 Å². The Balaban J connectivity index is 1.42. The van der Waals surface area contributed by atoms with Gasteiger partial charge in [-0.1, -0.05) is 42.0 Å². The van der Waals surface area contributed by atoms with Crippen molar-refractivity contribution in [2.75, 3.05) is 13.7 Å². The first kappa shape index (κ1) is 24.3. The molecular formula is C27H29NO7. The van der Waals surface area contributed by atoms with Crippen LogP contribution in [0, 0.1) is 6.92 Å². The molecule has 0 aliphatic carbocycles. The lowest BCUT2D eigenvalue weighted by Gasteiger charge is -2.20. The molecule has 35 heavy (non-hydrogen) atoms. The fraction of sp³-hybridized carbons (Fsp3) is 0.370. The van der Waals surface area contributed by atoms with E-state index in [9.17, 15) is 19.5 Å². The van der Waals surface area contributed by atoms with Crippen molar-refractivity contribution in [3.63, 3.8) is 0 Å². The zero-order valence-corrected chi connectivity index (χ0v) is 20.1. The van der Waals surface area contributed by atoms with E-state index < -0.39 is 12.1 Å². The first-order chi connectivity index (χ1) is 16.8. The Morgan fingerprint density at radius 2 is 1.94 bits per heavy atom. The second kappa shape index (κ2) is 10.2. The highest BCUT2D eigenvalue weighted by Crippen LogP contribution is 2.42. The van der Waals surface area contributed by atoms with E-state index in [1.807, 2.05) is 50.3 Å². The minimum Gasteiger partial charge on any atom is -0.507 e. The second-order valence-electron chi connectivity index (χ2n) is 8.85. The maximum atomic E-state index is 12.9. The van der Waals surface area contributed by atoms with Crippen molar-refractivity contribution >= 4 is 18.0 Å². The molecule has 8 nitrogen and oxygen atoms in total. The molecular weight excluding hydrogens is 450 g/mol. The normalized spacial score (nSPS) is 17.3. The molecule has 1 N–H and O–H groups in total. The predicted molar refractivity (Wildman–Crippen MR) is 127 cm³/mol. The van der Waals surface area contributed by atoms with Crippen LogP contribution in [0.15, 0.2) is 42.0 Å². The summed E-state index contributed by atoms with van der Waals surface area (Å²) < 4.78 is 15.8. The van der Waals surface area contributed by atoms with Gasteiger partial charge in [-0.25, -0.2) is 14.5 Å². The van der Waals surface area contributed by atoms with Crippen LogP contribution >= 0.6 is 0 Å². The minimum atomic E-state index is -0.604. The number of phenols is 1. The molecule has 2 heterocycles. The van der Waals surface area contributed by atoms with Crippen molar-refractivity contribution in [3.8, 4) is 11.5 Å². The second-order valence-corrected chi connectivity index (χ2v) is 8.85. The summed E-state index contributed by atoms with van der Waals surface area (Å²) in [7, 11) is 1.52. The third-order valence-corrected chi connectivity index (χ3v) is 6.58. The molecule has 2 aliphatic heterocycles. The number of rotatable bonds is 8. The Hall–Kier alpha value is -3.81. The predicted octanol–water partition coefficient (Wildman–Crippen LogP) is 4.24. The van der Waals surface area contributed by atoms with Crippen molar-refractivity contribution in [2.24, 2.45) is 0 Å². The molecule has 0 bridgehead atoms. The molecule has 1 saturated heterocycles. The van der Waals surface area contributed by atoms with Crippen LogP contribution in [0.25, 0.3) is 0 Å². The lowest BCUT2D eigenvalue weighted by molar-refractivity contribution is -0.129.